The predicted octanol–water partition coefficient (Wildman–Crippen LogP) is 12.2. The molecule has 8 aromatic carbocycles. The van der Waals surface area contributed by atoms with Gasteiger partial charge in [0.25, 0.3) is 0 Å². The standard InChI is InChI=1S/C49H31N5/c1-2-19-40(20-3-1)53-43-23-10-11-24-44(43)54-42-22-9-8-21-41(42)45(49(53)54)36-17-12-18-37(31-36)46-50-47(38-27-25-32-13-4-6-15-34(32)29-38)52-48(51-46)39-28-26-33-14-5-7-16-35(33)30-39/h1-31H. The van der Waals surface area contributed by atoms with E-state index in [1.165, 1.54) is 16.2 Å². The van der Waals surface area contributed by atoms with E-state index in [0.717, 1.165) is 66.5 Å². The van der Waals surface area contributed by atoms with Crippen molar-refractivity contribution in [2.45, 2.75) is 0 Å². The van der Waals surface area contributed by atoms with Crippen LogP contribution in [0, 0.1) is 0 Å². The Morgan fingerprint density at radius 1 is 0.333 bits per heavy atom. The molecule has 0 aliphatic carbocycles. The number of imidazole rings is 1. The highest BCUT2D eigenvalue weighted by Gasteiger charge is 2.23. The molecule has 11 rings (SSSR count). The van der Waals surface area contributed by atoms with Gasteiger partial charge in [0.15, 0.2) is 17.5 Å². The molecule has 11 aromatic rings. The Labute approximate surface area is 311 Å². The van der Waals surface area contributed by atoms with Gasteiger partial charge in [0.1, 0.15) is 5.65 Å². The number of rotatable bonds is 5. The van der Waals surface area contributed by atoms with E-state index in [-0.39, 0.29) is 0 Å². The van der Waals surface area contributed by atoms with Gasteiger partial charge < -0.3 is 0 Å². The van der Waals surface area contributed by atoms with Crippen molar-refractivity contribution in [1.29, 1.82) is 0 Å². The topological polar surface area (TPSA) is 48.0 Å². The van der Waals surface area contributed by atoms with E-state index in [1.807, 2.05) is 0 Å². The molecule has 3 aromatic heterocycles. The molecule has 0 amide bonds. The van der Waals surface area contributed by atoms with Crippen LogP contribution >= 0.6 is 0 Å². The van der Waals surface area contributed by atoms with Gasteiger partial charge in [0.2, 0.25) is 0 Å². The summed E-state index contributed by atoms with van der Waals surface area (Å²) in [6.45, 7) is 0. The van der Waals surface area contributed by atoms with Crippen molar-refractivity contribution in [1.82, 2.24) is 23.9 Å². The molecule has 54 heavy (non-hydrogen) atoms. The van der Waals surface area contributed by atoms with Crippen LogP contribution < -0.4 is 0 Å². The van der Waals surface area contributed by atoms with Crippen molar-refractivity contribution in [3.05, 3.63) is 188 Å². The number of nitrogens with zero attached hydrogens (tertiary/aromatic N) is 5. The van der Waals surface area contributed by atoms with Crippen molar-refractivity contribution in [3.63, 3.8) is 0 Å². The van der Waals surface area contributed by atoms with Gasteiger partial charge in [-0.2, -0.15) is 0 Å². The van der Waals surface area contributed by atoms with Crippen molar-refractivity contribution in [2.24, 2.45) is 0 Å². The lowest BCUT2D eigenvalue weighted by Gasteiger charge is -2.11. The number of aromatic nitrogens is 5. The predicted molar refractivity (Wildman–Crippen MR) is 222 cm³/mol. The first-order valence-electron chi connectivity index (χ1n) is 18.2. The summed E-state index contributed by atoms with van der Waals surface area (Å²) in [7, 11) is 0. The van der Waals surface area contributed by atoms with E-state index in [1.54, 1.807) is 0 Å². The Kier molecular flexibility index (Phi) is 6.79. The third-order valence-corrected chi connectivity index (χ3v) is 10.5. The quantitative estimate of drug-likeness (QED) is 0.181. The summed E-state index contributed by atoms with van der Waals surface area (Å²) in [5, 5.41) is 5.83. The lowest BCUT2D eigenvalue weighted by atomic mass is 10.0. The minimum Gasteiger partial charge on any atom is -0.293 e. The number of hydrogen-bond acceptors (Lipinski definition) is 3. The molecule has 0 aliphatic heterocycles. The Morgan fingerprint density at radius 3 is 1.48 bits per heavy atom. The zero-order valence-electron chi connectivity index (χ0n) is 29.1. The summed E-state index contributed by atoms with van der Waals surface area (Å²) in [5.41, 5.74) is 10.8. The average Bonchev–Trinajstić information content (AvgIpc) is 3.76. The van der Waals surface area contributed by atoms with Crippen LogP contribution in [0.25, 0.3) is 100 Å². The second kappa shape index (κ2) is 12.1. The molecule has 0 aliphatic rings. The molecular formula is C49H31N5. The Hall–Kier alpha value is -7.37. The first-order chi connectivity index (χ1) is 26.8. The lowest BCUT2D eigenvalue weighted by Crippen LogP contribution is -2.00. The molecule has 0 saturated heterocycles. The van der Waals surface area contributed by atoms with Crippen LogP contribution in [0.3, 0.4) is 0 Å². The fraction of sp³-hybridized carbons (Fsp3) is 0. The zero-order chi connectivity index (χ0) is 35.6. The average molecular weight is 690 g/mol. The van der Waals surface area contributed by atoms with E-state index in [2.05, 4.69) is 197 Å². The van der Waals surface area contributed by atoms with Gasteiger partial charge in [-0.3, -0.25) is 8.97 Å². The number of hydrogen-bond donors (Lipinski definition) is 0. The number of fused-ring (bicyclic) bond motifs is 7. The second-order valence-corrected chi connectivity index (χ2v) is 13.7. The van der Waals surface area contributed by atoms with Crippen LogP contribution in [0.2, 0.25) is 0 Å². The molecule has 0 spiro atoms. The lowest BCUT2D eigenvalue weighted by molar-refractivity contribution is 1.08. The maximum absolute atomic E-state index is 5.18. The molecule has 0 bridgehead atoms. The number of para-hydroxylation sites is 4. The van der Waals surface area contributed by atoms with Gasteiger partial charge in [-0.25, -0.2) is 15.0 Å². The fourth-order valence-electron chi connectivity index (χ4n) is 8.00. The largest absolute Gasteiger partial charge is 0.293 e. The summed E-state index contributed by atoms with van der Waals surface area (Å²) in [6, 6.07) is 66.2. The van der Waals surface area contributed by atoms with E-state index in [9.17, 15) is 0 Å². The molecule has 0 fully saturated rings. The van der Waals surface area contributed by atoms with Crippen molar-refractivity contribution in [3.8, 4) is 51.0 Å². The van der Waals surface area contributed by atoms with Gasteiger partial charge in [0, 0.05) is 33.3 Å². The Morgan fingerprint density at radius 2 is 0.833 bits per heavy atom. The molecule has 0 saturated carbocycles. The highest BCUT2D eigenvalue weighted by Crippen LogP contribution is 2.41. The second-order valence-electron chi connectivity index (χ2n) is 13.7. The van der Waals surface area contributed by atoms with Crippen LogP contribution in [0.1, 0.15) is 0 Å². The molecular weight excluding hydrogens is 659 g/mol. The SMILES string of the molecule is c1ccc(-n2c3ccccc3n3c4ccccc4c(-c4cccc(-c5nc(-c6ccc7ccccc7c6)nc(-c6ccc7ccccc7c6)n5)c4)c23)cc1. The van der Waals surface area contributed by atoms with Gasteiger partial charge in [-0.05, 0) is 75.6 Å². The molecule has 0 atom stereocenters. The van der Waals surface area contributed by atoms with E-state index >= 15 is 0 Å². The Bertz CT molecular complexity index is 3130. The highest BCUT2D eigenvalue weighted by atomic mass is 15.1. The fourth-order valence-corrected chi connectivity index (χ4v) is 8.00. The zero-order valence-corrected chi connectivity index (χ0v) is 29.1. The first-order valence-corrected chi connectivity index (χ1v) is 18.2. The first kappa shape index (κ1) is 30.3. The summed E-state index contributed by atoms with van der Waals surface area (Å²) in [6.07, 6.45) is 0. The van der Waals surface area contributed by atoms with Crippen LogP contribution in [0.4, 0.5) is 0 Å². The molecule has 252 valence electrons. The van der Waals surface area contributed by atoms with Gasteiger partial charge in [-0.1, -0.05) is 140 Å². The van der Waals surface area contributed by atoms with Crippen LogP contribution in [0.15, 0.2) is 188 Å². The smallest absolute Gasteiger partial charge is 0.164 e. The van der Waals surface area contributed by atoms with Crippen molar-refractivity contribution in [2.75, 3.05) is 0 Å². The van der Waals surface area contributed by atoms with Crippen LogP contribution in [0.5, 0.6) is 0 Å². The van der Waals surface area contributed by atoms with Crippen LogP contribution in [-0.4, -0.2) is 23.9 Å². The van der Waals surface area contributed by atoms with E-state index < -0.39 is 0 Å². The summed E-state index contributed by atoms with van der Waals surface area (Å²) in [4.78, 5) is 15.5. The van der Waals surface area contributed by atoms with Gasteiger partial charge >= 0.3 is 0 Å². The third kappa shape index (κ3) is 4.83. The molecule has 5 nitrogen and oxygen atoms in total. The van der Waals surface area contributed by atoms with Gasteiger partial charge in [0.05, 0.1) is 16.6 Å². The maximum Gasteiger partial charge on any atom is 0.164 e. The third-order valence-electron chi connectivity index (χ3n) is 10.5. The highest BCUT2D eigenvalue weighted by molar-refractivity contribution is 6.09. The minimum atomic E-state index is 0.626. The number of benzene rings is 8. The Balaban J connectivity index is 1.15. The van der Waals surface area contributed by atoms with E-state index in [4.69, 9.17) is 15.0 Å². The monoisotopic (exact) mass is 689 g/mol. The summed E-state index contributed by atoms with van der Waals surface area (Å²) < 4.78 is 4.79. The van der Waals surface area contributed by atoms with Crippen molar-refractivity contribution < 1.29 is 0 Å². The van der Waals surface area contributed by atoms with Crippen molar-refractivity contribution >= 4 is 49.1 Å². The molecule has 0 unspecified atom stereocenters. The molecule has 0 N–H and O–H groups in total. The normalized spacial score (nSPS) is 11.7. The van der Waals surface area contributed by atoms with E-state index in [0.29, 0.717) is 17.5 Å². The van der Waals surface area contributed by atoms with Crippen LogP contribution in [-0.2, 0) is 0 Å². The minimum absolute atomic E-state index is 0.626. The summed E-state index contributed by atoms with van der Waals surface area (Å²) >= 11 is 0. The maximum atomic E-state index is 5.18. The molecule has 5 heteroatoms. The molecule has 3 heterocycles. The molecule has 0 radical (unpaired) electrons. The summed E-state index contributed by atoms with van der Waals surface area (Å²) in [5.74, 6) is 1.90. The van der Waals surface area contributed by atoms with Gasteiger partial charge in [-0.15, -0.1) is 0 Å².